The number of anilines is 1. The number of hydrogen-bond acceptors (Lipinski definition) is 22. The van der Waals surface area contributed by atoms with Gasteiger partial charge in [-0.2, -0.15) is 0 Å². The van der Waals surface area contributed by atoms with Gasteiger partial charge in [0.05, 0.1) is 82.7 Å². The third-order valence-electron chi connectivity index (χ3n) is 9.49. The number of aromatic nitrogens is 16. The maximum Gasteiger partial charge on any atom is 0.358 e. The van der Waals surface area contributed by atoms with Gasteiger partial charge in [0.25, 0.3) is 5.56 Å². The molecule has 11 aromatic rings. The number of carboxylic acids is 1. The number of H-pyrrole nitrogens is 7. The molecular formula is C42H37BrClN19O13. The first-order valence-electron chi connectivity index (χ1n) is 20.7. The van der Waals surface area contributed by atoms with Crippen LogP contribution in [-0.2, 0) is 14.2 Å². The van der Waals surface area contributed by atoms with Gasteiger partial charge in [0.2, 0.25) is 0 Å². The Bertz CT molecular complexity index is 3880. The van der Waals surface area contributed by atoms with Crippen LogP contribution in [0.2, 0.25) is 0 Å². The van der Waals surface area contributed by atoms with Crippen molar-refractivity contribution in [2.24, 2.45) is 0 Å². The van der Waals surface area contributed by atoms with Crippen LogP contribution in [0.1, 0.15) is 48.9 Å². The third kappa shape index (κ3) is 13.3. The van der Waals surface area contributed by atoms with Gasteiger partial charge < -0.3 is 59.9 Å². The highest BCUT2D eigenvalue weighted by atomic mass is 79.9. The van der Waals surface area contributed by atoms with Gasteiger partial charge in [-0.1, -0.05) is 0 Å². The van der Waals surface area contributed by atoms with Crippen molar-refractivity contribution >= 4 is 124 Å². The van der Waals surface area contributed by atoms with E-state index in [0.717, 1.165) is 40.7 Å². The average molecular weight is 1130 g/mol. The Morgan fingerprint density at radius 1 is 0.605 bits per heavy atom. The molecule has 0 saturated carbocycles. The summed E-state index contributed by atoms with van der Waals surface area (Å²) in [7, 11) is 2.52. The number of nitrogen functional groups attached to an aromatic ring is 1. The van der Waals surface area contributed by atoms with Crippen molar-refractivity contribution in [1.29, 1.82) is 0 Å². The predicted octanol–water partition coefficient (Wildman–Crippen LogP) is 5.13. The fraction of sp³-hybridized carbons (Fsp3) is 0.0952. The van der Waals surface area contributed by atoms with Crippen molar-refractivity contribution in [3.05, 3.63) is 151 Å². The topological polar surface area (TPSA) is 472 Å². The number of hydrogen-bond donors (Lipinski definition) is 9. The van der Waals surface area contributed by atoms with Crippen LogP contribution in [0.5, 0.6) is 0 Å². The quantitative estimate of drug-likeness (QED) is 0.0328. The predicted molar refractivity (Wildman–Crippen MR) is 271 cm³/mol. The molecule has 0 unspecified atom stereocenters. The number of methoxy groups -OCH3 is 2. The fourth-order valence-electron chi connectivity index (χ4n) is 6.15. The lowest BCUT2D eigenvalue weighted by Crippen LogP contribution is -2.07. The first-order chi connectivity index (χ1) is 36.1. The van der Waals surface area contributed by atoms with Crippen molar-refractivity contribution in [3.63, 3.8) is 0 Å². The van der Waals surface area contributed by atoms with Gasteiger partial charge >= 0.3 is 35.3 Å². The number of carboxylic acid groups (broad SMARTS) is 1. The molecule has 0 aliphatic carbocycles. The minimum absolute atomic E-state index is 0. The first-order valence-corrected chi connectivity index (χ1v) is 21.5. The zero-order valence-electron chi connectivity index (χ0n) is 39.0. The van der Waals surface area contributed by atoms with E-state index in [9.17, 15) is 44.2 Å². The van der Waals surface area contributed by atoms with Crippen molar-refractivity contribution in [1.82, 2.24) is 79.7 Å². The molecule has 0 aliphatic heterocycles. The Morgan fingerprint density at radius 3 is 1.55 bits per heavy atom. The van der Waals surface area contributed by atoms with Gasteiger partial charge in [0.1, 0.15) is 52.2 Å². The van der Waals surface area contributed by atoms with Crippen molar-refractivity contribution in [2.75, 3.05) is 26.6 Å². The molecule has 0 aromatic carbocycles. The second-order valence-electron chi connectivity index (χ2n) is 13.9. The van der Waals surface area contributed by atoms with Crippen LogP contribution in [-0.4, -0.2) is 139 Å². The smallest absolute Gasteiger partial charge is 0.358 e. The second-order valence-corrected chi connectivity index (χ2v) is 14.7. The van der Waals surface area contributed by atoms with E-state index in [2.05, 4.69) is 105 Å². The largest absolute Gasteiger partial charge is 0.476 e. The van der Waals surface area contributed by atoms with E-state index in [4.69, 9.17) is 15.6 Å². The normalized spacial score (nSPS) is 10.1. The Morgan fingerprint density at radius 2 is 1.07 bits per heavy atom. The van der Waals surface area contributed by atoms with E-state index < -0.39 is 33.7 Å². The van der Waals surface area contributed by atoms with E-state index in [1.165, 1.54) is 33.2 Å². The van der Waals surface area contributed by atoms with Gasteiger partial charge in [-0.05, 0) is 47.1 Å². The summed E-state index contributed by atoms with van der Waals surface area (Å²) in [4.78, 5) is 128. The Balaban J connectivity index is 0.000000169. The van der Waals surface area contributed by atoms with Crippen molar-refractivity contribution in [2.45, 2.75) is 6.92 Å². The zero-order chi connectivity index (χ0) is 54.2. The molecule has 0 spiro atoms. The van der Waals surface area contributed by atoms with Crippen molar-refractivity contribution in [3.8, 4) is 0 Å². The number of aromatic amines is 7. The summed E-state index contributed by atoms with van der Waals surface area (Å²) in [6, 6.07) is 7.04. The second kappa shape index (κ2) is 26.2. The highest BCUT2D eigenvalue weighted by molar-refractivity contribution is 9.10. The number of rotatable bonds is 7. The molecular weight excluding hydrogens is 1090 g/mol. The minimum atomic E-state index is -1.26. The standard InChI is InChI=1S/C8H6N4O4.C8H7N3O2.C7H4N4O4.C7H10N2O2.C6H4BrN3.C6H5N3O.ClH/c1-16-8(13)7-6-5(10-3-11-7)4(2-9-6)12(14)15;1-13-8(12)7-6-5(2-3-9-6)10-4-11-7;12-7(13)6-5-4(9-2-10-6)3(1-8-5)11(14)15;1-2-11-7(10)6-5(8)3-4-9-6;7-6-5-4(1-2-8-5)9-3-10-6;10-6-5-4(1-2-7-5)8-3-9-6;/h2-3,9H,1H3;2-4,9H,1H3;1-2,8H,(H,12,13);3-4,9H,2,8H2,1H3;1-3,8H;1-3,7H,(H,8,9,10);1H. The van der Waals surface area contributed by atoms with Crippen LogP contribution in [0.15, 0.2) is 102 Å². The number of nitrogens with one attached hydrogen (secondary N) is 7. The Hall–Kier alpha value is -10.6. The molecule has 11 aromatic heterocycles. The molecule has 76 heavy (non-hydrogen) atoms. The molecule has 10 N–H and O–H groups in total. The zero-order valence-corrected chi connectivity index (χ0v) is 41.4. The number of fused-ring (bicyclic) bond motifs is 5. The van der Waals surface area contributed by atoms with E-state index >= 15 is 0 Å². The van der Waals surface area contributed by atoms with Gasteiger partial charge in [-0.15, -0.1) is 12.4 Å². The molecule has 0 amide bonds. The molecule has 0 saturated heterocycles. The molecule has 11 heterocycles. The summed E-state index contributed by atoms with van der Waals surface area (Å²) in [5, 5.41) is 29.9. The molecule has 0 bridgehead atoms. The van der Waals surface area contributed by atoms with Crippen LogP contribution >= 0.6 is 28.3 Å². The monoisotopic (exact) mass is 1130 g/mol. The summed E-state index contributed by atoms with van der Waals surface area (Å²) >= 11 is 3.29. The third-order valence-corrected chi connectivity index (χ3v) is 10.1. The van der Waals surface area contributed by atoms with Crippen LogP contribution in [0.3, 0.4) is 0 Å². The maximum absolute atomic E-state index is 11.3. The Labute approximate surface area is 435 Å². The molecule has 0 atom stereocenters. The number of esters is 3. The number of ether oxygens (including phenoxy) is 3. The summed E-state index contributed by atoms with van der Waals surface area (Å²) in [6.45, 7) is 2.11. The number of halogens is 2. The Kier molecular flexibility index (Phi) is 19.4. The van der Waals surface area contributed by atoms with E-state index in [1.807, 2.05) is 12.3 Å². The van der Waals surface area contributed by atoms with Crippen LogP contribution < -0.4 is 11.3 Å². The number of carbonyl (C=O) groups is 4. The summed E-state index contributed by atoms with van der Waals surface area (Å²) in [5.74, 6) is -2.81. The summed E-state index contributed by atoms with van der Waals surface area (Å²) < 4.78 is 14.6. The highest BCUT2D eigenvalue weighted by Crippen LogP contribution is 2.25. The lowest BCUT2D eigenvalue weighted by atomic mass is 10.3. The molecule has 34 heteroatoms. The van der Waals surface area contributed by atoms with Gasteiger partial charge in [0.15, 0.2) is 28.1 Å². The molecule has 392 valence electrons. The van der Waals surface area contributed by atoms with E-state index in [1.54, 1.807) is 43.7 Å². The molecule has 0 fully saturated rings. The van der Waals surface area contributed by atoms with Crippen LogP contribution in [0.25, 0.3) is 55.2 Å². The molecule has 0 aliphatic rings. The lowest BCUT2D eigenvalue weighted by molar-refractivity contribution is -0.383. The maximum atomic E-state index is 11.3. The van der Waals surface area contributed by atoms with Crippen molar-refractivity contribution < 1.29 is 48.3 Å². The van der Waals surface area contributed by atoms with Gasteiger partial charge in [-0.3, -0.25) is 25.0 Å². The molecule has 0 radical (unpaired) electrons. The number of carbonyl (C=O) groups excluding carboxylic acids is 3. The van der Waals surface area contributed by atoms with Crippen LogP contribution in [0, 0.1) is 20.2 Å². The van der Waals surface area contributed by atoms with E-state index in [0.29, 0.717) is 40.1 Å². The SMILES string of the molecule is Brc1ncnc2cc[nH]c12.CCOC(=O)c1[nH]ccc1N.COC(=O)c1ncnc2c([N+](=O)[O-])c[nH]c12.COC(=O)c1ncnc2cc[nH]c12.Cl.O=C(O)c1ncnc2c([N+](=O)[O-])c[nH]c12.O=c1[nH]cnc2cc[nH]c12. The fourth-order valence-corrected chi connectivity index (χ4v) is 6.56. The minimum Gasteiger partial charge on any atom is -0.476 e. The summed E-state index contributed by atoms with van der Waals surface area (Å²) in [6.07, 6.45) is 15.4. The van der Waals surface area contributed by atoms with Gasteiger partial charge in [0, 0.05) is 24.8 Å². The number of aromatic carboxylic acids is 1. The number of nitrogens with zero attached hydrogens (tertiary/aromatic N) is 11. The first kappa shape index (κ1) is 56.3. The molecule has 11 rings (SSSR count). The molecule has 32 nitrogen and oxygen atoms in total. The number of nitro groups is 2. The van der Waals surface area contributed by atoms with E-state index in [-0.39, 0.29) is 68.5 Å². The highest BCUT2D eigenvalue weighted by Gasteiger charge is 2.23. The number of nitrogens with two attached hydrogens (primary N) is 1. The van der Waals surface area contributed by atoms with Crippen LogP contribution in [0.4, 0.5) is 17.1 Å². The summed E-state index contributed by atoms with van der Waals surface area (Å²) in [5.41, 5.74) is 10.3. The lowest BCUT2D eigenvalue weighted by Gasteiger charge is -1.98. The average Bonchev–Trinajstić information content (AvgIpc) is 4.28. The van der Waals surface area contributed by atoms with Gasteiger partial charge in [-0.25, -0.2) is 64.0 Å².